The minimum Gasteiger partial charge on any atom is -0.497 e. The summed E-state index contributed by atoms with van der Waals surface area (Å²) in [6, 6.07) is 6.74. The number of hydrogen-bond donors (Lipinski definition) is 1. The molecule has 1 aromatic carbocycles. The van der Waals surface area contributed by atoms with E-state index < -0.39 is 0 Å². The summed E-state index contributed by atoms with van der Waals surface area (Å²) in [5, 5.41) is 3.44. The van der Waals surface area contributed by atoms with Crippen LogP contribution in [0.3, 0.4) is 0 Å². The second-order valence-electron chi connectivity index (χ2n) is 3.67. The van der Waals surface area contributed by atoms with Crippen molar-refractivity contribution in [2.45, 2.75) is 25.8 Å². The molecule has 0 spiro atoms. The monoisotopic (exact) mass is 177 g/mol. The highest BCUT2D eigenvalue weighted by atomic mass is 16.5. The first kappa shape index (κ1) is 8.42. The lowest BCUT2D eigenvalue weighted by Crippen LogP contribution is -2.12. The van der Waals surface area contributed by atoms with Crippen LogP contribution in [-0.2, 0) is 0 Å². The number of ether oxygens (including phenoxy) is 1. The van der Waals surface area contributed by atoms with E-state index in [9.17, 15) is 0 Å². The standard InChI is InChI=1S/C11H15NO/c1-7-8(2)12-11-5-4-9(13-3)6-10(7)11/h4-8,12H,1-3H3. The predicted molar refractivity (Wildman–Crippen MR) is 54.5 cm³/mol. The van der Waals surface area contributed by atoms with E-state index in [-0.39, 0.29) is 0 Å². The molecule has 0 saturated heterocycles. The van der Waals surface area contributed by atoms with Crippen LogP contribution in [0.2, 0.25) is 0 Å². The summed E-state index contributed by atoms with van der Waals surface area (Å²) < 4.78 is 5.20. The molecule has 1 aromatic rings. The van der Waals surface area contributed by atoms with E-state index in [0.29, 0.717) is 12.0 Å². The highest BCUT2D eigenvalue weighted by molar-refractivity contribution is 5.61. The van der Waals surface area contributed by atoms with Crippen molar-refractivity contribution in [3.05, 3.63) is 23.8 Å². The van der Waals surface area contributed by atoms with Gasteiger partial charge >= 0.3 is 0 Å². The third kappa shape index (κ3) is 1.26. The Balaban J connectivity index is 2.42. The number of rotatable bonds is 1. The zero-order valence-electron chi connectivity index (χ0n) is 8.29. The van der Waals surface area contributed by atoms with Crippen molar-refractivity contribution in [3.8, 4) is 5.75 Å². The summed E-state index contributed by atoms with van der Waals surface area (Å²) in [5.74, 6) is 1.52. The molecule has 1 aliphatic heterocycles. The highest BCUT2D eigenvalue weighted by Gasteiger charge is 2.24. The van der Waals surface area contributed by atoms with E-state index in [1.807, 2.05) is 6.07 Å². The van der Waals surface area contributed by atoms with E-state index in [0.717, 1.165) is 5.75 Å². The Bertz CT molecular complexity index is 322. The summed E-state index contributed by atoms with van der Waals surface area (Å²) in [5.41, 5.74) is 2.62. The van der Waals surface area contributed by atoms with E-state index >= 15 is 0 Å². The normalized spacial score (nSPS) is 25.2. The molecule has 2 nitrogen and oxygen atoms in total. The summed E-state index contributed by atoms with van der Waals surface area (Å²) in [4.78, 5) is 0. The average Bonchev–Trinajstić information content (AvgIpc) is 2.43. The molecule has 0 radical (unpaired) electrons. The molecule has 1 N–H and O–H groups in total. The van der Waals surface area contributed by atoms with Gasteiger partial charge in [0.05, 0.1) is 7.11 Å². The van der Waals surface area contributed by atoms with Gasteiger partial charge in [0.1, 0.15) is 5.75 Å². The molecular formula is C11H15NO. The zero-order valence-corrected chi connectivity index (χ0v) is 8.29. The quantitative estimate of drug-likeness (QED) is 0.712. The van der Waals surface area contributed by atoms with Gasteiger partial charge in [0.15, 0.2) is 0 Å². The molecule has 13 heavy (non-hydrogen) atoms. The summed E-state index contributed by atoms with van der Waals surface area (Å²) >= 11 is 0. The molecule has 0 saturated carbocycles. The molecule has 0 aromatic heterocycles. The number of nitrogens with one attached hydrogen (secondary N) is 1. The molecule has 0 bridgehead atoms. The third-order valence-electron chi connectivity index (χ3n) is 2.88. The molecule has 0 aliphatic carbocycles. The van der Waals surface area contributed by atoms with E-state index in [1.54, 1.807) is 7.11 Å². The molecule has 70 valence electrons. The summed E-state index contributed by atoms with van der Waals surface area (Å²) in [7, 11) is 1.71. The zero-order chi connectivity index (χ0) is 9.42. The maximum Gasteiger partial charge on any atom is 0.119 e. The van der Waals surface area contributed by atoms with Gasteiger partial charge < -0.3 is 10.1 Å². The first-order chi connectivity index (χ1) is 6.22. The van der Waals surface area contributed by atoms with Crippen molar-refractivity contribution < 1.29 is 4.74 Å². The Morgan fingerprint density at radius 3 is 2.77 bits per heavy atom. The lowest BCUT2D eigenvalue weighted by molar-refractivity contribution is 0.414. The van der Waals surface area contributed by atoms with Crippen LogP contribution in [0.1, 0.15) is 25.3 Å². The lowest BCUT2D eigenvalue weighted by Gasteiger charge is -2.08. The summed E-state index contributed by atoms with van der Waals surface area (Å²) in [6.45, 7) is 4.44. The minimum atomic E-state index is 0.530. The molecular weight excluding hydrogens is 162 g/mol. The maximum absolute atomic E-state index is 5.20. The second-order valence-corrected chi connectivity index (χ2v) is 3.67. The van der Waals surface area contributed by atoms with E-state index in [4.69, 9.17) is 4.74 Å². The molecule has 1 heterocycles. The van der Waals surface area contributed by atoms with Crippen molar-refractivity contribution in [1.29, 1.82) is 0 Å². The smallest absolute Gasteiger partial charge is 0.119 e. The van der Waals surface area contributed by atoms with Gasteiger partial charge in [-0.15, -0.1) is 0 Å². The fourth-order valence-electron chi connectivity index (χ4n) is 1.82. The molecule has 1 aliphatic rings. The maximum atomic E-state index is 5.20. The molecule has 2 unspecified atom stereocenters. The van der Waals surface area contributed by atoms with Crippen LogP contribution in [0, 0.1) is 0 Å². The van der Waals surface area contributed by atoms with Crippen LogP contribution >= 0.6 is 0 Å². The fraction of sp³-hybridized carbons (Fsp3) is 0.455. The second kappa shape index (κ2) is 2.95. The van der Waals surface area contributed by atoms with Crippen LogP contribution in [0.25, 0.3) is 0 Å². The fourth-order valence-corrected chi connectivity index (χ4v) is 1.82. The van der Waals surface area contributed by atoms with E-state index in [2.05, 4.69) is 31.3 Å². The Morgan fingerprint density at radius 1 is 1.31 bits per heavy atom. The Morgan fingerprint density at radius 2 is 2.08 bits per heavy atom. The van der Waals surface area contributed by atoms with Gasteiger partial charge in [-0.1, -0.05) is 6.92 Å². The number of fused-ring (bicyclic) bond motifs is 1. The van der Waals surface area contributed by atoms with E-state index in [1.165, 1.54) is 11.3 Å². The third-order valence-corrected chi connectivity index (χ3v) is 2.88. The van der Waals surface area contributed by atoms with Crippen molar-refractivity contribution in [2.24, 2.45) is 0 Å². The van der Waals surface area contributed by atoms with Gasteiger partial charge in [0, 0.05) is 17.6 Å². The van der Waals surface area contributed by atoms with Gasteiger partial charge in [0.25, 0.3) is 0 Å². The van der Waals surface area contributed by atoms with Crippen molar-refractivity contribution in [3.63, 3.8) is 0 Å². The molecule has 2 heteroatoms. The average molecular weight is 177 g/mol. The Labute approximate surface area is 78.9 Å². The van der Waals surface area contributed by atoms with Crippen LogP contribution in [0.4, 0.5) is 5.69 Å². The van der Waals surface area contributed by atoms with Gasteiger partial charge in [-0.2, -0.15) is 0 Å². The molecule has 0 fully saturated rings. The molecule has 2 atom stereocenters. The highest BCUT2D eigenvalue weighted by Crippen LogP contribution is 2.37. The molecule has 0 amide bonds. The number of hydrogen-bond acceptors (Lipinski definition) is 2. The SMILES string of the molecule is COc1ccc2c(c1)C(C)C(C)N2. The lowest BCUT2D eigenvalue weighted by atomic mass is 9.98. The molecule has 2 rings (SSSR count). The van der Waals surface area contributed by atoms with Gasteiger partial charge in [-0.05, 0) is 30.7 Å². The largest absolute Gasteiger partial charge is 0.497 e. The number of anilines is 1. The minimum absolute atomic E-state index is 0.530. The Kier molecular flexibility index (Phi) is 1.91. The van der Waals surface area contributed by atoms with Crippen molar-refractivity contribution >= 4 is 5.69 Å². The Hall–Kier alpha value is -1.18. The van der Waals surface area contributed by atoms with Gasteiger partial charge in [-0.25, -0.2) is 0 Å². The first-order valence-corrected chi connectivity index (χ1v) is 4.67. The number of methoxy groups -OCH3 is 1. The van der Waals surface area contributed by atoms with Gasteiger partial charge in [-0.3, -0.25) is 0 Å². The van der Waals surface area contributed by atoms with Crippen LogP contribution < -0.4 is 10.1 Å². The van der Waals surface area contributed by atoms with Crippen LogP contribution in [-0.4, -0.2) is 13.2 Å². The topological polar surface area (TPSA) is 21.3 Å². The number of benzene rings is 1. The summed E-state index contributed by atoms with van der Waals surface area (Å²) in [6.07, 6.45) is 0. The predicted octanol–water partition coefficient (Wildman–Crippen LogP) is 2.61. The van der Waals surface area contributed by atoms with Crippen LogP contribution in [0.5, 0.6) is 5.75 Å². The van der Waals surface area contributed by atoms with Crippen molar-refractivity contribution in [2.75, 3.05) is 12.4 Å². The van der Waals surface area contributed by atoms with Crippen molar-refractivity contribution in [1.82, 2.24) is 0 Å². The van der Waals surface area contributed by atoms with Gasteiger partial charge in [0.2, 0.25) is 0 Å². The first-order valence-electron chi connectivity index (χ1n) is 4.67. The van der Waals surface area contributed by atoms with Crippen LogP contribution in [0.15, 0.2) is 18.2 Å².